The Balaban J connectivity index is 1.48. The first-order valence-corrected chi connectivity index (χ1v) is 7.35. The van der Waals surface area contributed by atoms with Crippen LogP contribution in [-0.4, -0.2) is 16.2 Å². The highest BCUT2D eigenvalue weighted by atomic mass is 15.2. The van der Waals surface area contributed by atoms with Gasteiger partial charge >= 0.3 is 0 Å². The van der Waals surface area contributed by atoms with Crippen LogP contribution in [0.5, 0.6) is 0 Å². The number of nitrogens with one attached hydrogen (secondary N) is 1. The molecule has 3 fully saturated rings. The van der Waals surface area contributed by atoms with Crippen molar-refractivity contribution < 1.29 is 0 Å². The lowest BCUT2D eigenvalue weighted by molar-refractivity contribution is 0.243. The van der Waals surface area contributed by atoms with Gasteiger partial charge in [-0.3, -0.25) is 0 Å². The molecule has 4 rings (SSSR count). The number of hydrogen-bond donors (Lipinski definition) is 1. The fourth-order valence-corrected chi connectivity index (χ4v) is 4.89. The van der Waals surface area contributed by atoms with Gasteiger partial charge in [0.05, 0.1) is 0 Å². The molecule has 1 N–H and O–H groups in total. The van der Waals surface area contributed by atoms with E-state index >= 15 is 0 Å². The predicted molar refractivity (Wildman–Crippen MR) is 71.2 cm³/mol. The lowest BCUT2D eigenvalue weighted by Gasteiger charge is -2.32. The molecule has 5 atom stereocenters. The first-order valence-electron chi connectivity index (χ1n) is 7.35. The number of nitrogens with zero attached hydrogens (tertiary/aromatic N) is 3. The van der Waals surface area contributed by atoms with Gasteiger partial charge in [0.25, 0.3) is 0 Å². The zero-order valence-electron chi connectivity index (χ0n) is 10.9. The summed E-state index contributed by atoms with van der Waals surface area (Å²) in [6.07, 6.45) is 7.05. The fraction of sp³-hybridized carbons (Fsp3) is 0.667. The molecule has 0 saturated heterocycles. The van der Waals surface area contributed by atoms with Crippen LogP contribution in [0.4, 0.5) is 5.82 Å². The molecule has 4 heteroatoms. The van der Waals surface area contributed by atoms with Gasteiger partial charge in [0.2, 0.25) is 0 Å². The van der Waals surface area contributed by atoms with Gasteiger partial charge in [-0.2, -0.15) is 5.26 Å². The van der Waals surface area contributed by atoms with E-state index in [-0.39, 0.29) is 0 Å². The van der Waals surface area contributed by atoms with E-state index < -0.39 is 0 Å². The van der Waals surface area contributed by atoms with Crippen molar-refractivity contribution in [1.29, 1.82) is 5.26 Å². The van der Waals surface area contributed by atoms with Gasteiger partial charge in [0.1, 0.15) is 11.9 Å². The van der Waals surface area contributed by atoms with Gasteiger partial charge in [-0.15, -0.1) is 10.2 Å². The van der Waals surface area contributed by atoms with Crippen LogP contribution in [0.2, 0.25) is 0 Å². The summed E-state index contributed by atoms with van der Waals surface area (Å²) in [4.78, 5) is 0. The standard InChI is InChI=1S/C15H18N4/c16-8-10-4-5-15(19-18-10)17-14-7-9-6-13(14)12-3-1-2-11(9)12/h4-5,9,11-14H,1-3,6-7H2,(H,17,19). The van der Waals surface area contributed by atoms with E-state index in [1.165, 1.54) is 32.1 Å². The van der Waals surface area contributed by atoms with E-state index in [0.717, 1.165) is 29.5 Å². The predicted octanol–water partition coefficient (Wildman–Crippen LogP) is 2.58. The highest BCUT2D eigenvalue weighted by Gasteiger charge is 2.53. The molecular weight excluding hydrogens is 236 g/mol. The van der Waals surface area contributed by atoms with Crippen molar-refractivity contribution in [2.45, 2.75) is 38.1 Å². The Morgan fingerprint density at radius 1 is 1.11 bits per heavy atom. The van der Waals surface area contributed by atoms with Crippen LogP contribution in [0.25, 0.3) is 0 Å². The Hall–Kier alpha value is -1.63. The summed E-state index contributed by atoms with van der Waals surface area (Å²) in [6.45, 7) is 0. The molecule has 3 aliphatic carbocycles. The van der Waals surface area contributed by atoms with Crippen LogP contribution >= 0.6 is 0 Å². The van der Waals surface area contributed by atoms with Crippen LogP contribution in [0.15, 0.2) is 12.1 Å². The summed E-state index contributed by atoms with van der Waals surface area (Å²) >= 11 is 0. The Morgan fingerprint density at radius 3 is 2.79 bits per heavy atom. The van der Waals surface area contributed by atoms with Crippen LogP contribution in [0, 0.1) is 35.0 Å². The van der Waals surface area contributed by atoms with E-state index in [1.807, 2.05) is 12.1 Å². The van der Waals surface area contributed by atoms with Gasteiger partial charge in [0, 0.05) is 6.04 Å². The summed E-state index contributed by atoms with van der Waals surface area (Å²) in [5, 5.41) is 20.3. The van der Waals surface area contributed by atoms with Crippen LogP contribution < -0.4 is 5.32 Å². The molecule has 3 aliphatic rings. The van der Waals surface area contributed by atoms with Crippen molar-refractivity contribution in [2.24, 2.45) is 23.7 Å². The summed E-state index contributed by atoms with van der Waals surface area (Å²) in [6, 6.07) is 6.19. The summed E-state index contributed by atoms with van der Waals surface area (Å²) in [5.74, 6) is 4.60. The first-order chi connectivity index (χ1) is 9.35. The third-order valence-corrected chi connectivity index (χ3v) is 5.54. The van der Waals surface area contributed by atoms with Crippen molar-refractivity contribution >= 4 is 5.82 Å². The maximum Gasteiger partial charge on any atom is 0.163 e. The minimum atomic E-state index is 0.384. The highest BCUT2D eigenvalue weighted by molar-refractivity contribution is 5.37. The van der Waals surface area contributed by atoms with Gasteiger partial charge < -0.3 is 5.32 Å². The molecule has 5 unspecified atom stereocenters. The summed E-state index contributed by atoms with van der Waals surface area (Å²) < 4.78 is 0. The molecule has 0 spiro atoms. The largest absolute Gasteiger partial charge is 0.366 e. The molecule has 3 saturated carbocycles. The Labute approximate surface area is 113 Å². The number of anilines is 1. The second-order valence-electron chi connectivity index (χ2n) is 6.32. The maximum absolute atomic E-state index is 8.73. The SMILES string of the molecule is N#Cc1ccc(NC2CC3CC2C2CCCC32)nn1. The van der Waals surface area contributed by atoms with Crippen molar-refractivity contribution in [2.75, 3.05) is 5.32 Å². The summed E-state index contributed by atoms with van der Waals surface area (Å²) in [7, 11) is 0. The van der Waals surface area contributed by atoms with E-state index in [2.05, 4.69) is 15.5 Å². The molecule has 0 aromatic carbocycles. The second kappa shape index (κ2) is 4.19. The lowest BCUT2D eigenvalue weighted by atomic mass is 9.79. The molecule has 19 heavy (non-hydrogen) atoms. The van der Waals surface area contributed by atoms with E-state index in [4.69, 9.17) is 5.26 Å². The Kier molecular flexibility index (Phi) is 2.48. The smallest absolute Gasteiger partial charge is 0.163 e. The molecule has 0 aliphatic heterocycles. The number of fused-ring (bicyclic) bond motifs is 5. The van der Waals surface area contributed by atoms with Gasteiger partial charge in [0.15, 0.2) is 5.69 Å². The zero-order valence-corrected chi connectivity index (χ0v) is 10.9. The molecule has 0 radical (unpaired) electrons. The third-order valence-electron chi connectivity index (χ3n) is 5.54. The lowest BCUT2D eigenvalue weighted by Crippen LogP contribution is -2.34. The molecule has 4 nitrogen and oxygen atoms in total. The number of nitriles is 1. The second-order valence-corrected chi connectivity index (χ2v) is 6.32. The molecule has 1 aromatic heterocycles. The molecular formula is C15H18N4. The molecule has 1 heterocycles. The van der Waals surface area contributed by atoms with Crippen LogP contribution in [-0.2, 0) is 0 Å². The topological polar surface area (TPSA) is 61.6 Å². The fourth-order valence-electron chi connectivity index (χ4n) is 4.89. The zero-order chi connectivity index (χ0) is 12.8. The van der Waals surface area contributed by atoms with Crippen LogP contribution in [0.1, 0.15) is 37.8 Å². The highest BCUT2D eigenvalue weighted by Crippen LogP contribution is 2.59. The van der Waals surface area contributed by atoms with Gasteiger partial charge in [-0.25, -0.2) is 0 Å². The van der Waals surface area contributed by atoms with E-state index in [9.17, 15) is 0 Å². The normalized spacial score (nSPS) is 39.0. The Morgan fingerprint density at radius 2 is 2.00 bits per heavy atom. The number of hydrogen-bond acceptors (Lipinski definition) is 4. The average Bonchev–Trinajstić information content (AvgIpc) is 3.11. The van der Waals surface area contributed by atoms with Gasteiger partial charge in [-0.05, 0) is 61.5 Å². The molecule has 2 bridgehead atoms. The third kappa shape index (κ3) is 1.72. The minimum absolute atomic E-state index is 0.384. The van der Waals surface area contributed by atoms with Crippen molar-refractivity contribution in [3.63, 3.8) is 0 Å². The minimum Gasteiger partial charge on any atom is -0.366 e. The quantitative estimate of drug-likeness (QED) is 0.881. The molecule has 0 amide bonds. The van der Waals surface area contributed by atoms with Crippen molar-refractivity contribution in [3.8, 4) is 6.07 Å². The number of rotatable bonds is 2. The number of aromatic nitrogens is 2. The van der Waals surface area contributed by atoms with Crippen molar-refractivity contribution in [3.05, 3.63) is 17.8 Å². The van der Waals surface area contributed by atoms with Crippen molar-refractivity contribution in [1.82, 2.24) is 10.2 Å². The van der Waals surface area contributed by atoms with Crippen LogP contribution in [0.3, 0.4) is 0 Å². The molecule has 98 valence electrons. The summed E-state index contributed by atoms with van der Waals surface area (Å²) in [5.41, 5.74) is 0.384. The molecule has 1 aromatic rings. The van der Waals surface area contributed by atoms with E-state index in [1.54, 1.807) is 6.07 Å². The monoisotopic (exact) mass is 254 g/mol. The maximum atomic E-state index is 8.73. The van der Waals surface area contributed by atoms with Gasteiger partial charge in [-0.1, -0.05) is 6.42 Å². The Bertz CT molecular complexity index is 518. The van der Waals surface area contributed by atoms with E-state index in [0.29, 0.717) is 11.7 Å². The first kappa shape index (κ1) is 11.2. The average molecular weight is 254 g/mol.